The largest absolute Gasteiger partial charge is 0.466 e. The maximum absolute atomic E-state index is 12.9. The Labute approximate surface area is 167 Å². The highest BCUT2D eigenvalue weighted by molar-refractivity contribution is 5.98. The highest BCUT2D eigenvalue weighted by atomic mass is 16.5. The summed E-state index contributed by atoms with van der Waals surface area (Å²) in [6, 6.07) is 0. The van der Waals surface area contributed by atoms with Crippen LogP contribution in [0.25, 0.3) is 0 Å². The normalized spacial score (nSPS) is 21.0. The topological polar surface area (TPSA) is 86.7 Å². The van der Waals surface area contributed by atoms with E-state index in [0.717, 1.165) is 5.57 Å². The minimum atomic E-state index is -0.917. The average molecular weight is 392 g/mol. The highest BCUT2D eigenvalue weighted by Crippen LogP contribution is 2.44. The first-order chi connectivity index (χ1) is 13.0. The number of ketones is 2. The molecule has 0 aromatic carbocycles. The molecule has 156 valence electrons. The fourth-order valence-electron chi connectivity index (χ4n) is 3.26. The number of rotatable bonds is 8. The quantitative estimate of drug-likeness (QED) is 0.463. The molecule has 0 unspecified atom stereocenters. The second kappa shape index (κ2) is 9.80. The SMILES string of the molecule is CCOC(=O)/C=C/C(C)(C)C(=O)/C=C1\CCC(=O)C(C)(C)[C@H]1CC(=O)OCC. The summed E-state index contributed by atoms with van der Waals surface area (Å²) in [5.74, 6) is -1.38. The highest BCUT2D eigenvalue weighted by Gasteiger charge is 2.43. The zero-order chi connectivity index (χ0) is 21.5. The fourth-order valence-corrected chi connectivity index (χ4v) is 3.26. The van der Waals surface area contributed by atoms with E-state index in [-0.39, 0.29) is 43.1 Å². The van der Waals surface area contributed by atoms with Gasteiger partial charge in [0, 0.05) is 29.2 Å². The van der Waals surface area contributed by atoms with Crippen LogP contribution in [0.2, 0.25) is 0 Å². The molecule has 0 heterocycles. The molecule has 0 aromatic heterocycles. The maximum Gasteiger partial charge on any atom is 0.330 e. The molecular weight excluding hydrogens is 360 g/mol. The number of hydrogen-bond acceptors (Lipinski definition) is 6. The predicted molar refractivity (Wildman–Crippen MR) is 105 cm³/mol. The van der Waals surface area contributed by atoms with Crippen molar-refractivity contribution in [3.8, 4) is 0 Å². The van der Waals surface area contributed by atoms with Crippen molar-refractivity contribution < 1.29 is 28.7 Å². The van der Waals surface area contributed by atoms with E-state index in [9.17, 15) is 19.2 Å². The maximum atomic E-state index is 12.9. The van der Waals surface area contributed by atoms with Gasteiger partial charge in [-0.3, -0.25) is 14.4 Å². The van der Waals surface area contributed by atoms with Crippen LogP contribution in [0.4, 0.5) is 0 Å². The molecule has 28 heavy (non-hydrogen) atoms. The molecule has 0 N–H and O–H groups in total. The number of hydrogen-bond donors (Lipinski definition) is 0. The van der Waals surface area contributed by atoms with Crippen molar-refractivity contribution in [1.82, 2.24) is 0 Å². The molecule has 0 aromatic rings. The van der Waals surface area contributed by atoms with Gasteiger partial charge in [0.25, 0.3) is 0 Å². The Morgan fingerprint density at radius 2 is 1.71 bits per heavy atom. The van der Waals surface area contributed by atoms with Crippen LogP contribution in [0, 0.1) is 16.7 Å². The summed E-state index contributed by atoms with van der Waals surface area (Å²) in [5.41, 5.74) is -0.887. The van der Waals surface area contributed by atoms with Gasteiger partial charge in [0.05, 0.1) is 19.6 Å². The molecule has 0 spiro atoms. The lowest BCUT2D eigenvalue weighted by molar-refractivity contribution is -0.146. The van der Waals surface area contributed by atoms with Gasteiger partial charge in [-0.2, -0.15) is 0 Å². The van der Waals surface area contributed by atoms with Crippen LogP contribution in [-0.4, -0.2) is 36.7 Å². The van der Waals surface area contributed by atoms with E-state index in [2.05, 4.69) is 0 Å². The lowest BCUT2D eigenvalue weighted by Crippen LogP contribution is -2.40. The molecule has 1 fully saturated rings. The molecule has 1 rings (SSSR count). The molecule has 1 aliphatic carbocycles. The third-order valence-corrected chi connectivity index (χ3v) is 5.23. The number of carbonyl (C=O) groups excluding carboxylic acids is 4. The van der Waals surface area contributed by atoms with Gasteiger partial charge >= 0.3 is 11.9 Å². The minimum absolute atomic E-state index is 0.0603. The molecule has 0 amide bonds. The van der Waals surface area contributed by atoms with E-state index in [1.54, 1.807) is 27.7 Å². The van der Waals surface area contributed by atoms with Gasteiger partial charge < -0.3 is 9.47 Å². The van der Waals surface area contributed by atoms with E-state index in [4.69, 9.17) is 9.47 Å². The Balaban J connectivity index is 3.12. The van der Waals surface area contributed by atoms with Gasteiger partial charge in [0.1, 0.15) is 5.78 Å². The summed E-state index contributed by atoms with van der Waals surface area (Å²) in [4.78, 5) is 48.9. The molecule has 1 aliphatic rings. The van der Waals surface area contributed by atoms with E-state index >= 15 is 0 Å². The summed E-state index contributed by atoms with van der Waals surface area (Å²) in [6.07, 6.45) is 5.15. The van der Waals surface area contributed by atoms with Crippen molar-refractivity contribution in [3.05, 3.63) is 23.8 Å². The average Bonchev–Trinajstić information content (AvgIpc) is 2.60. The first kappa shape index (κ1) is 23.8. The third-order valence-electron chi connectivity index (χ3n) is 5.23. The number of allylic oxidation sites excluding steroid dienone is 3. The van der Waals surface area contributed by atoms with Gasteiger partial charge in [0.2, 0.25) is 0 Å². The monoisotopic (exact) mass is 392 g/mol. The van der Waals surface area contributed by atoms with E-state index in [0.29, 0.717) is 12.8 Å². The Kier molecular flexibility index (Phi) is 8.33. The summed E-state index contributed by atoms with van der Waals surface area (Å²) >= 11 is 0. The van der Waals surface area contributed by atoms with Gasteiger partial charge in [-0.25, -0.2) is 4.79 Å². The van der Waals surface area contributed by atoms with Crippen molar-refractivity contribution in [2.75, 3.05) is 13.2 Å². The van der Waals surface area contributed by atoms with Gasteiger partial charge in [-0.15, -0.1) is 0 Å². The van der Waals surface area contributed by atoms with Gasteiger partial charge in [-0.05, 0) is 40.2 Å². The van der Waals surface area contributed by atoms with Crippen LogP contribution in [0.1, 0.15) is 60.8 Å². The Morgan fingerprint density at radius 3 is 2.29 bits per heavy atom. The van der Waals surface area contributed by atoms with Crippen molar-refractivity contribution in [1.29, 1.82) is 0 Å². The standard InChI is InChI=1S/C22H32O6/c1-7-27-19(25)11-12-21(3,4)18(24)13-15-9-10-17(23)22(5,6)16(15)14-20(26)28-8-2/h11-13,16H,7-10,14H2,1-6H3/b12-11+,15-13+/t16-/m0/s1. The summed E-state index contributed by atoms with van der Waals surface area (Å²) in [5, 5.41) is 0. The lowest BCUT2D eigenvalue weighted by atomic mass is 9.64. The molecule has 0 bridgehead atoms. The second-order valence-electron chi connectivity index (χ2n) is 8.10. The molecule has 0 saturated heterocycles. The number of ether oxygens (including phenoxy) is 2. The van der Waals surface area contributed by atoms with Crippen molar-refractivity contribution in [2.24, 2.45) is 16.7 Å². The van der Waals surface area contributed by atoms with Crippen LogP contribution >= 0.6 is 0 Å². The van der Waals surface area contributed by atoms with E-state index in [1.807, 2.05) is 13.8 Å². The Morgan fingerprint density at radius 1 is 1.11 bits per heavy atom. The van der Waals surface area contributed by atoms with E-state index < -0.39 is 16.8 Å². The molecule has 1 saturated carbocycles. The van der Waals surface area contributed by atoms with Crippen LogP contribution in [-0.2, 0) is 28.7 Å². The van der Waals surface area contributed by atoms with Crippen LogP contribution < -0.4 is 0 Å². The molecule has 1 atom stereocenters. The predicted octanol–water partition coefficient (Wildman–Crippen LogP) is 3.59. The van der Waals surface area contributed by atoms with Crippen LogP contribution in [0.15, 0.2) is 23.8 Å². The Hall–Kier alpha value is -2.24. The molecule has 6 heteroatoms. The number of carbonyl (C=O) groups is 4. The molecule has 0 radical (unpaired) electrons. The van der Waals surface area contributed by atoms with Crippen molar-refractivity contribution >= 4 is 23.5 Å². The third kappa shape index (κ3) is 6.14. The summed E-state index contributed by atoms with van der Waals surface area (Å²) < 4.78 is 9.91. The zero-order valence-electron chi connectivity index (χ0n) is 17.8. The smallest absolute Gasteiger partial charge is 0.330 e. The minimum Gasteiger partial charge on any atom is -0.466 e. The number of Topliss-reactive ketones (excluding diaryl/α,β-unsaturated/α-hetero) is 1. The first-order valence-corrected chi connectivity index (χ1v) is 9.75. The summed E-state index contributed by atoms with van der Waals surface area (Å²) in [7, 11) is 0. The van der Waals surface area contributed by atoms with Crippen molar-refractivity contribution in [2.45, 2.75) is 60.8 Å². The van der Waals surface area contributed by atoms with Gasteiger partial charge in [0.15, 0.2) is 5.78 Å². The van der Waals surface area contributed by atoms with Crippen LogP contribution in [0.3, 0.4) is 0 Å². The van der Waals surface area contributed by atoms with E-state index in [1.165, 1.54) is 18.2 Å². The molecule has 0 aliphatic heterocycles. The lowest BCUT2D eigenvalue weighted by Gasteiger charge is -2.39. The Bertz CT molecular complexity index is 681. The van der Waals surface area contributed by atoms with Crippen molar-refractivity contribution in [3.63, 3.8) is 0 Å². The fraction of sp³-hybridized carbons (Fsp3) is 0.636. The first-order valence-electron chi connectivity index (χ1n) is 9.75. The second-order valence-corrected chi connectivity index (χ2v) is 8.10. The summed E-state index contributed by atoms with van der Waals surface area (Å²) in [6.45, 7) is 11.0. The number of esters is 2. The molecular formula is C22H32O6. The van der Waals surface area contributed by atoms with Gasteiger partial charge in [-0.1, -0.05) is 25.5 Å². The molecule has 6 nitrogen and oxygen atoms in total. The zero-order valence-corrected chi connectivity index (χ0v) is 17.8. The van der Waals surface area contributed by atoms with Crippen LogP contribution in [0.5, 0.6) is 0 Å².